The number of hydrogen-bond donors (Lipinski definition) is 1. The molecule has 1 aliphatic rings. The molecule has 1 aliphatic heterocycles. The van der Waals surface area contributed by atoms with Crippen molar-refractivity contribution < 1.29 is 8.42 Å². The molecule has 6 heteroatoms. The van der Waals surface area contributed by atoms with Gasteiger partial charge in [0.25, 0.3) is 10.0 Å². The Morgan fingerprint density at radius 3 is 2.46 bits per heavy atom. The van der Waals surface area contributed by atoms with Crippen LogP contribution in [0.4, 0.5) is 11.5 Å². The number of piperidine rings is 1. The first-order valence-electron chi connectivity index (χ1n) is 8.27. The molecule has 0 aliphatic carbocycles. The summed E-state index contributed by atoms with van der Waals surface area (Å²) in [6, 6.07) is 9.06. The van der Waals surface area contributed by atoms with E-state index in [1.54, 1.807) is 25.3 Å². The maximum absolute atomic E-state index is 12.6. The molecular formula is C18H23N3O2S. The molecule has 0 spiro atoms. The first kappa shape index (κ1) is 16.8. The van der Waals surface area contributed by atoms with Crippen LogP contribution in [0.15, 0.2) is 41.4 Å². The Bertz CT molecular complexity index is 811. The summed E-state index contributed by atoms with van der Waals surface area (Å²) >= 11 is 0. The van der Waals surface area contributed by atoms with Gasteiger partial charge in [-0.25, -0.2) is 13.4 Å². The number of aryl methyl sites for hydroxylation is 2. The van der Waals surface area contributed by atoms with Crippen molar-refractivity contribution in [3.63, 3.8) is 0 Å². The predicted octanol–water partition coefficient (Wildman–Crippen LogP) is 3.49. The third kappa shape index (κ3) is 3.70. The van der Waals surface area contributed by atoms with Gasteiger partial charge in [-0.1, -0.05) is 12.1 Å². The molecule has 0 bridgehead atoms. The monoisotopic (exact) mass is 345 g/mol. The molecule has 0 saturated carbocycles. The highest BCUT2D eigenvalue weighted by Crippen LogP contribution is 2.23. The SMILES string of the molecule is Cc1ccc(C)c(S(=O)(=O)Nc2ccc(N3CCCCC3)cn2)c1. The maximum atomic E-state index is 12.6. The number of sulfonamides is 1. The summed E-state index contributed by atoms with van der Waals surface area (Å²) in [7, 11) is -3.63. The van der Waals surface area contributed by atoms with E-state index in [2.05, 4.69) is 14.6 Å². The molecule has 0 atom stereocenters. The summed E-state index contributed by atoms with van der Waals surface area (Å²) in [5, 5.41) is 0. The molecule has 0 amide bonds. The molecule has 2 heterocycles. The molecule has 24 heavy (non-hydrogen) atoms. The van der Waals surface area contributed by atoms with Crippen LogP contribution in [0, 0.1) is 13.8 Å². The molecule has 128 valence electrons. The zero-order valence-electron chi connectivity index (χ0n) is 14.1. The van der Waals surface area contributed by atoms with Gasteiger partial charge < -0.3 is 4.90 Å². The fraction of sp³-hybridized carbons (Fsp3) is 0.389. The number of aromatic nitrogens is 1. The van der Waals surface area contributed by atoms with Crippen molar-refractivity contribution in [3.05, 3.63) is 47.7 Å². The van der Waals surface area contributed by atoms with Crippen molar-refractivity contribution >= 4 is 21.5 Å². The van der Waals surface area contributed by atoms with E-state index in [0.717, 1.165) is 29.9 Å². The smallest absolute Gasteiger partial charge is 0.263 e. The van der Waals surface area contributed by atoms with Gasteiger partial charge >= 0.3 is 0 Å². The Labute approximate surface area is 143 Å². The minimum atomic E-state index is -3.63. The van der Waals surface area contributed by atoms with Gasteiger partial charge in [-0.05, 0) is 62.4 Å². The second-order valence-corrected chi connectivity index (χ2v) is 7.97. The first-order chi connectivity index (χ1) is 11.5. The average molecular weight is 345 g/mol. The Morgan fingerprint density at radius 2 is 1.79 bits per heavy atom. The van der Waals surface area contributed by atoms with Crippen molar-refractivity contribution in [1.29, 1.82) is 0 Å². The maximum Gasteiger partial charge on any atom is 0.263 e. The zero-order chi connectivity index (χ0) is 17.2. The van der Waals surface area contributed by atoms with Crippen LogP contribution in [0.25, 0.3) is 0 Å². The van der Waals surface area contributed by atoms with Crippen LogP contribution in [0.1, 0.15) is 30.4 Å². The summed E-state index contributed by atoms with van der Waals surface area (Å²) < 4.78 is 27.8. The average Bonchev–Trinajstić information content (AvgIpc) is 2.58. The number of benzene rings is 1. The minimum absolute atomic E-state index is 0.296. The summed E-state index contributed by atoms with van der Waals surface area (Å²) in [5.41, 5.74) is 2.68. The zero-order valence-corrected chi connectivity index (χ0v) is 14.9. The standard InChI is InChI=1S/C18H23N3O2S/c1-14-6-7-15(2)17(12-14)24(22,23)20-18-9-8-16(13-19-18)21-10-4-3-5-11-21/h6-9,12-13H,3-5,10-11H2,1-2H3,(H,19,20). The highest BCUT2D eigenvalue weighted by atomic mass is 32.2. The number of nitrogens with zero attached hydrogens (tertiary/aromatic N) is 2. The van der Waals surface area contributed by atoms with Gasteiger partial charge in [0.2, 0.25) is 0 Å². The van der Waals surface area contributed by atoms with Crippen LogP contribution in [-0.4, -0.2) is 26.5 Å². The van der Waals surface area contributed by atoms with Crippen LogP contribution in [0.2, 0.25) is 0 Å². The van der Waals surface area contributed by atoms with Crippen molar-refractivity contribution in [2.75, 3.05) is 22.7 Å². The lowest BCUT2D eigenvalue weighted by Crippen LogP contribution is -2.29. The molecular weight excluding hydrogens is 322 g/mol. The van der Waals surface area contributed by atoms with E-state index in [0.29, 0.717) is 10.7 Å². The van der Waals surface area contributed by atoms with E-state index in [4.69, 9.17) is 0 Å². The summed E-state index contributed by atoms with van der Waals surface area (Å²) in [6.07, 6.45) is 5.41. The molecule has 1 saturated heterocycles. The van der Waals surface area contributed by atoms with Gasteiger partial charge in [0, 0.05) is 13.1 Å². The van der Waals surface area contributed by atoms with Crippen LogP contribution in [0.3, 0.4) is 0 Å². The van der Waals surface area contributed by atoms with E-state index in [1.807, 2.05) is 25.1 Å². The number of nitrogens with one attached hydrogen (secondary N) is 1. The summed E-state index contributed by atoms with van der Waals surface area (Å²) in [6.45, 7) is 5.75. The normalized spacial score (nSPS) is 15.3. The van der Waals surface area contributed by atoms with Crippen LogP contribution >= 0.6 is 0 Å². The van der Waals surface area contributed by atoms with E-state index in [9.17, 15) is 8.42 Å². The van der Waals surface area contributed by atoms with Gasteiger partial charge in [-0.15, -0.1) is 0 Å². The number of rotatable bonds is 4. The molecule has 1 aromatic heterocycles. The molecule has 1 fully saturated rings. The lowest BCUT2D eigenvalue weighted by molar-refractivity contribution is 0.577. The van der Waals surface area contributed by atoms with E-state index in [-0.39, 0.29) is 0 Å². The van der Waals surface area contributed by atoms with E-state index >= 15 is 0 Å². The number of hydrogen-bond acceptors (Lipinski definition) is 4. The first-order valence-corrected chi connectivity index (χ1v) is 9.75. The van der Waals surface area contributed by atoms with Crippen molar-refractivity contribution in [1.82, 2.24) is 4.98 Å². The Morgan fingerprint density at radius 1 is 1.04 bits per heavy atom. The van der Waals surface area contributed by atoms with Crippen molar-refractivity contribution in [3.8, 4) is 0 Å². The molecule has 1 N–H and O–H groups in total. The van der Waals surface area contributed by atoms with Gasteiger partial charge in [-0.2, -0.15) is 0 Å². The topological polar surface area (TPSA) is 62.3 Å². The quantitative estimate of drug-likeness (QED) is 0.921. The van der Waals surface area contributed by atoms with Gasteiger partial charge in [-0.3, -0.25) is 4.72 Å². The van der Waals surface area contributed by atoms with Gasteiger partial charge in [0.15, 0.2) is 0 Å². The fourth-order valence-corrected chi connectivity index (χ4v) is 4.31. The van der Waals surface area contributed by atoms with Crippen molar-refractivity contribution in [2.45, 2.75) is 38.0 Å². The molecule has 2 aromatic rings. The van der Waals surface area contributed by atoms with E-state index < -0.39 is 10.0 Å². The number of anilines is 2. The molecule has 3 rings (SSSR count). The second-order valence-electron chi connectivity index (χ2n) is 6.32. The minimum Gasteiger partial charge on any atom is -0.370 e. The highest BCUT2D eigenvalue weighted by molar-refractivity contribution is 7.92. The Balaban J connectivity index is 1.78. The molecule has 0 radical (unpaired) electrons. The lowest BCUT2D eigenvalue weighted by atomic mass is 10.1. The molecule has 5 nitrogen and oxygen atoms in total. The summed E-state index contributed by atoms with van der Waals surface area (Å²) in [4.78, 5) is 6.87. The summed E-state index contributed by atoms with van der Waals surface area (Å²) in [5.74, 6) is 0.344. The Hall–Kier alpha value is -2.08. The largest absolute Gasteiger partial charge is 0.370 e. The van der Waals surface area contributed by atoms with Crippen LogP contribution in [0.5, 0.6) is 0 Å². The number of pyridine rings is 1. The lowest BCUT2D eigenvalue weighted by Gasteiger charge is -2.28. The van der Waals surface area contributed by atoms with Gasteiger partial charge in [0.05, 0.1) is 16.8 Å². The third-order valence-corrected chi connectivity index (χ3v) is 5.84. The van der Waals surface area contributed by atoms with Crippen LogP contribution in [-0.2, 0) is 10.0 Å². The van der Waals surface area contributed by atoms with E-state index in [1.165, 1.54) is 19.3 Å². The molecule has 1 aromatic carbocycles. The highest BCUT2D eigenvalue weighted by Gasteiger charge is 2.18. The van der Waals surface area contributed by atoms with Crippen molar-refractivity contribution in [2.24, 2.45) is 0 Å². The van der Waals surface area contributed by atoms with Crippen LogP contribution < -0.4 is 9.62 Å². The second kappa shape index (κ2) is 6.81. The van der Waals surface area contributed by atoms with Gasteiger partial charge in [0.1, 0.15) is 5.82 Å². The molecule has 0 unspecified atom stereocenters. The third-order valence-electron chi connectivity index (χ3n) is 4.34. The predicted molar refractivity (Wildman–Crippen MR) is 97.0 cm³/mol. The fourth-order valence-electron chi connectivity index (χ4n) is 2.98. The Kier molecular flexibility index (Phi) is 4.76.